The van der Waals surface area contributed by atoms with Gasteiger partial charge in [0.25, 0.3) is 11.8 Å². The monoisotopic (exact) mass is 468 g/mol. The number of aromatic nitrogens is 2. The van der Waals surface area contributed by atoms with Crippen molar-refractivity contribution in [1.29, 1.82) is 0 Å². The molecule has 1 aromatic carbocycles. The SMILES string of the molecule is COc1cccc(C(N)=O)c1OCNC(=O)c1cnn2c(C3CC3)c(OCC(C)(C)O)ccc12. The summed E-state index contributed by atoms with van der Waals surface area (Å²) in [4.78, 5) is 24.6. The molecule has 10 heteroatoms. The van der Waals surface area contributed by atoms with Gasteiger partial charge in [0.2, 0.25) is 0 Å². The number of nitrogens with two attached hydrogens (primary N) is 1. The van der Waals surface area contributed by atoms with Crippen molar-refractivity contribution < 1.29 is 28.9 Å². The average molecular weight is 469 g/mol. The van der Waals surface area contributed by atoms with Crippen LogP contribution in [0.15, 0.2) is 36.5 Å². The summed E-state index contributed by atoms with van der Waals surface area (Å²) in [5.41, 5.74) is 6.48. The third-order valence-electron chi connectivity index (χ3n) is 5.38. The van der Waals surface area contributed by atoms with Crippen LogP contribution in [0.5, 0.6) is 17.2 Å². The molecule has 1 aliphatic carbocycles. The molecular weight excluding hydrogens is 440 g/mol. The quantitative estimate of drug-likeness (QED) is 0.388. The van der Waals surface area contributed by atoms with Gasteiger partial charge in [-0.05, 0) is 51.0 Å². The molecule has 180 valence electrons. The Morgan fingerprint density at radius 2 is 1.94 bits per heavy atom. The number of rotatable bonds is 10. The number of methoxy groups -OCH3 is 1. The summed E-state index contributed by atoms with van der Waals surface area (Å²) >= 11 is 0. The van der Waals surface area contributed by atoms with Crippen LogP contribution in [-0.4, -0.2) is 52.6 Å². The highest BCUT2D eigenvalue weighted by atomic mass is 16.5. The minimum absolute atomic E-state index is 0.139. The fourth-order valence-corrected chi connectivity index (χ4v) is 3.63. The Bertz CT molecular complexity index is 1230. The summed E-state index contributed by atoms with van der Waals surface area (Å²) < 4.78 is 18.4. The second kappa shape index (κ2) is 9.22. The fourth-order valence-electron chi connectivity index (χ4n) is 3.63. The van der Waals surface area contributed by atoms with Crippen molar-refractivity contribution in [2.45, 2.75) is 38.2 Å². The number of primary amides is 1. The molecule has 1 saturated carbocycles. The predicted molar refractivity (Wildman–Crippen MR) is 123 cm³/mol. The van der Waals surface area contributed by atoms with E-state index in [-0.39, 0.29) is 30.6 Å². The molecule has 1 aliphatic rings. The molecule has 2 aromatic heterocycles. The minimum atomic E-state index is -0.971. The highest BCUT2D eigenvalue weighted by Crippen LogP contribution is 2.44. The lowest BCUT2D eigenvalue weighted by Crippen LogP contribution is -2.28. The minimum Gasteiger partial charge on any atom is -0.493 e. The van der Waals surface area contributed by atoms with Crippen LogP contribution >= 0.6 is 0 Å². The van der Waals surface area contributed by atoms with Crippen molar-refractivity contribution in [1.82, 2.24) is 14.9 Å². The van der Waals surface area contributed by atoms with Crippen molar-refractivity contribution in [2.24, 2.45) is 5.73 Å². The average Bonchev–Trinajstić information content (AvgIpc) is 3.54. The summed E-state index contributed by atoms with van der Waals surface area (Å²) in [6, 6.07) is 8.34. The number of hydrogen-bond acceptors (Lipinski definition) is 7. The van der Waals surface area contributed by atoms with Gasteiger partial charge in [0.1, 0.15) is 12.4 Å². The van der Waals surface area contributed by atoms with Crippen molar-refractivity contribution >= 4 is 17.3 Å². The molecule has 0 unspecified atom stereocenters. The molecule has 0 atom stereocenters. The number of nitrogens with zero attached hydrogens (tertiary/aromatic N) is 2. The van der Waals surface area contributed by atoms with Crippen LogP contribution in [-0.2, 0) is 0 Å². The van der Waals surface area contributed by atoms with Crippen LogP contribution in [0.25, 0.3) is 5.52 Å². The number of nitrogens with one attached hydrogen (secondary N) is 1. The summed E-state index contributed by atoms with van der Waals surface area (Å²) in [7, 11) is 1.45. The first-order chi connectivity index (χ1) is 16.2. The highest BCUT2D eigenvalue weighted by Gasteiger charge is 2.31. The highest BCUT2D eigenvalue weighted by molar-refractivity contribution is 6.00. The molecule has 3 aromatic rings. The number of pyridine rings is 1. The molecule has 4 N–H and O–H groups in total. The van der Waals surface area contributed by atoms with Gasteiger partial charge in [0.15, 0.2) is 18.2 Å². The first kappa shape index (κ1) is 23.4. The molecule has 0 spiro atoms. The summed E-state index contributed by atoms with van der Waals surface area (Å²) in [6.07, 6.45) is 3.51. The summed E-state index contributed by atoms with van der Waals surface area (Å²) in [6.45, 7) is 3.29. The maximum Gasteiger partial charge on any atom is 0.257 e. The first-order valence-corrected chi connectivity index (χ1v) is 10.9. The fraction of sp³-hybridized carbons (Fsp3) is 0.375. The van der Waals surface area contributed by atoms with E-state index >= 15 is 0 Å². The Labute approximate surface area is 196 Å². The Hall–Kier alpha value is -3.79. The van der Waals surface area contributed by atoms with Gasteiger partial charge in [0.05, 0.1) is 41.2 Å². The molecule has 2 amide bonds. The largest absolute Gasteiger partial charge is 0.493 e. The molecule has 0 radical (unpaired) electrons. The van der Waals surface area contributed by atoms with Gasteiger partial charge in [0, 0.05) is 5.92 Å². The van der Waals surface area contributed by atoms with Crippen molar-refractivity contribution in [3.05, 3.63) is 53.3 Å². The second-order valence-electron chi connectivity index (χ2n) is 8.81. The lowest BCUT2D eigenvalue weighted by molar-refractivity contribution is 0.0279. The van der Waals surface area contributed by atoms with E-state index < -0.39 is 17.4 Å². The van der Waals surface area contributed by atoms with E-state index in [2.05, 4.69) is 10.4 Å². The van der Waals surface area contributed by atoms with Crippen LogP contribution in [0.4, 0.5) is 0 Å². The maximum atomic E-state index is 12.9. The molecule has 34 heavy (non-hydrogen) atoms. The molecule has 4 rings (SSSR count). The molecule has 1 fully saturated rings. The smallest absolute Gasteiger partial charge is 0.257 e. The zero-order valence-electron chi connectivity index (χ0n) is 19.3. The number of aliphatic hydroxyl groups is 1. The maximum absolute atomic E-state index is 12.9. The van der Waals surface area contributed by atoms with E-state index in [1.807, 2.05) is 0 Å². The summed E-state index contributed by atoms with van der Waals surface area (Å²) in [5, 5.41) is 17.1. The molecule has 0 saturated heterocycles. The van der Waals surface area contributed by atoms with E-state index in [0.29, 0.717) is 22.6 Å². The lowest BCUT2D eigenvalue weighted by Gasteiger charge is -2.20. The van der Waals surface area contributed by atoms with Gasteiger partial charge >= 0.3 is 0 Å². The van der Waals surface area contributed by atoms with Gasteiger partial charge in [-0.2, -0.15) is 5.10 Å². The van der Waals surface area contributed by atoms with E-state index in [0.717, 1.165) is 18.5 Å². The number of para-hydroxylation sites is 1. The second-order valence-corrected chi connectivity index (χ2v) is 8.81. The van der Waals surface area contributed by atoms with E-state index in [9.17, 15) is 14.7 Å². The van der Waals surface area contributed by atoms with Gasteiger partial charge in [-0.3, -0.25) is 9.59 Å². The third-order valence-corrected chi connectivity index (χ3v) is 5.38. The number of benzene rings is 1. The van der Waals surface area contributed by atoms with Crippen molar-refractivity contribution in [2.75, 3.05) is 20.4 Å². The topological polar surface area (TPSA) is 137 Å². The molecule has 0 aliphatic heterocycles. The van der Waals surface area contributed by atoms with Crippen LogP contribution in [0, 0.1) is 0 Å². The van der Waals surface area contributed by atoms with E-state index in [4.69, 9.17) is 19.9 Å². The Morgan fingerprint density at radius 1 is 1.18 bits per heavy atom. The van der Waals surface area contributed by atoms with Gasteiger partial charge in [-0.15, -0.1) is 0 Å². The van der Waals surface area contributed by atoms with Gasteiger partial charge < -0.3 is 30.4 Å². The van der Waals surface area contributed by atoms with Crippen LogP contribution in [0.2, 0.25) is 0 Å². The third kappa shape index (κ3) is 4.91. The van der Waals surface area contributed by atoms with Crippen LogP contribution in [0.1, 0.15) is 59.0 Å². The number of carbonyl (C=O) groups is 2. The van der Waals surface area contributed by atoms with Crippen molar-refractivity contribution in [3.63, 3.8) is 0 Å². The number of fused-ring (bicyclic) bond motifs is 1. The standard InChI is InChI=1S/C24H28N4O6/c1-24(2,31)12-33-18-10-9-17-16(11-27-28(17)20(18)14-7-8-14)23(30)26-13-34-21-15(22(25)29)5-4-6-19(21)32-3/h4-6,9-11,14,31H,7-8,12-13H2,1-3H3,(H2,25,29)(H,26,30). The van der Waals surface area contributed by atoms with Gasteiger partial charge in [-0.1, -0.05) is 6.07 Å². The molecule has 2 heterocycles. The summed E-state index contributed by atoms with van der Waals surface area (Å²) in [5.74, 6) is 0.357. The number of carbonyl (C=O) groups excluding carboxylic acids is 2. The number of hydrogen-bond donors (Lipinski definition) is 3. The zero-order valence-corrected chi connectivity index (χ0v) is 19.3. The normalized spacial score (nSPS) is 13.5. The van der Waals surface area contributed by atoms with E-state index in [1.54, 1.807) is 42.6 Å². The Morgan fingerprint density at radius 3 is 2.59 bits per heavy atom. The molecular formula is C24H28N4O6. The van der Waals surface area contributed by atoms with E-state index in [1.165, 1.54) is 19.4 Å². The van der Waals surface area contributed by atoms with Crippen molar-refractivity contribution in [3.8, 4) is 17.2 Å². The molecule has 0 bridgehead atoms. The van der Waals surface area contributed by atoms with Gasteiger partial charge in [-0.25, -0.2) is 4.52 Å². The number of amides is 2. The first-order valence-electron chi connectivity index (χ1n) is 10.9. The Balaban J connectivity index is 1.52. The number of ether oxygens (including phenoxy) is 3. The lowest BCUT2D eigenvalue weighted by atomic mass is 10.1. The zero-order chi connectivity index (χ0) is 24.5. The van der Waals surface area contributed by atoms with Crippen LogP contribution < -0.4 is 25.3 Å². The predicted octanol–water partition coefficient (Wildman–Crippen LogP) is 2.24. The molecule has 10 nitrogen and oxygen atoms in total. The van der Waals surface area contributed by atoms with Crippen LogP contribution in [0.3, 0.4) is 0 Å². The Kier molecular flexibility index (Phi) is 6.34.